The highest BCUT2D eigenvalue weighted by molar-refractivity contribution is 8.28. The smallest absolute Gasteiger partial charge is 0.0471 e. The topological polar surface area (TPSA) is 12.4 Å². The molecule has 1 atom stereocenters. The molecule has 1 rings (SSSR count). The van der Waals surface area contributed by atoms with E-state index in [1.54, 1.807) is 0 Å². The number of hydrogen-bond donors (Lipinski definition) is 1. The van der Waals surface area contributed by atoms with E-state index >= 15 is 0 Å². The molecule has 6 heavy (non-hydrogen) atoms. The number of thiol groups is 1. The zero-order valence-electron chi connectivity index (χ0n) is 3.89. The van der Waals surface area contributed by atoms with E-state index < -0.39 is 0 Å². The lowest BCUT2D eigenvalue weighted by atomic mass is 10.8. The first-order chi connectivity index (χ1) is 2.89. The summed E-state index contributed by atoms with van der Waals surface area (Å²) in [6.07, 6.45) is 2.26. The Morgan fingerprint density at radius 3 is 2.83 bits per heavy atom. The largest absolute Gasteiger partial charge is 0.287 e. The van der Waals surface area contributed by atoms with Gasteiger partial charge in [-0.2, -0.15) is 0 Å². The second-order valence-corrected chi connectivity index (χ2v) is 3.69. The van der Waals surface area contributed by atoms with Gasteiger partial charge in [0.25, 0.3) is 0 Å². The van der Waals surface area contributed by atoms with Crippen LogP contribution in [-0.2, 0) is 0 Å². The monoisotopic (exact) mass is 103 g/mol. The summed E-state index contributed by atoms with van der Waals surface area (Å²) >= 11 is 0. The van der Waals surface area contributed by atoms with Gasteiger partial charge < -0.3 is 0 Å². The Hall–Kier alpha value is 0.0200. The van der Waals surface area contributed by atoms with Gasteiger partial charge >= 0.3 is 0 Å². The summed E-state index contributed by atoms with van der Waals surface area (Å²) in [6.45, 7) is 1.09. The molecule has 0 aliphatic carbocycles. The van der Waals surface area contributed by atoms with Crippen LogP contribution in [-0.4, -0.2) is 24.1 Å². The maximum Gasteiger partial charge on any atom is 0.0471 e. The third-order valence-corrected chi connectivity index (χ3v) is 2.32. The highest BCUT2D eigenvalue weighted by Crippen LogP contribution is 2.18. The summed E-state index contributed by atoms with van der Waals surface area (Å²) in [5, 5.41) is 0. The van der Waals surface area contributed by atoms with Crippen molar-refractivity contribution in [3.63, 3.8) is 0 Å². The highest BCUT2D eigenvalue weighted by atomic mass is 32.2. The van der Waals surface area contributed by atoms with Gasteiger partial charge in [0.1, 0.15) is 0 Å². The van der Waals surface area contributed by atoms with Crippen molar-refractivity contribution < 1.29 is 0 Å². The van der Waals surface area contributed by atoms with E-state index in [0.717, 1.165) is 6.54 Å². The molecule has 0 aromatic heterocycles. The van der Waals surface area contributed by atoms with Crippen molar-refractivity contribution in [2.24, 2.45) is 4.99 Å². The van der Waals surface area contributed by atoms with Crippen LogP contribution in [0, 0.1) is 0 Å². The van der Waals surface area contributed by atoms with Crippen LogP contribution in [0.4, 0.5) is 0 Å². The minimum atomic E-state index is 0.243. The standard InChI is InChI=1S/C4H9NS/c1-6-3-2-5-4-6/h4,6H,2-3H2,1H3. The Kier molecular flexibility index (Phi) is 1.15. The van der Waals surface area contributed by atoms with Crippen LogP contribution in [0.15, 0.2) is 4.99 Å². The summed E-state index contributed by atoms with van der Waals surface area (Å²) in [5.74, 6) is 1.33. The third kappa shape index (κ3) is 0.744. The Balaban J connectivity index is 2.38. The molecule has 0 spiro atoms. The SMILES string of the molecule is C[SH]1C=NCC1. The molecule has 0 amide bonds. The normalized spacial score (nSPS) is 37.8. The van der Waals surface area contributed by atoms with Gasteiger partial charge in [-0.25, -0.2) is 10.9 Å². The summed E-state index contributed by atoms with van der Waals surface area (Å²) in [5.41, 5.74) is 2.09. The van der Waals surface area contributed by atoms with Crippen LogP contribution in [0.3, 0.4) is 0 Å². The van der Waals surface area contributed by atoms with E-state index in [2.05, 4.69) is 16.8 Å². The van der Waals surface area contributed by atoms with Crippen LogP contribution in [0.25, 0.3) is 0 Å². The summed E-state index contributed by atoms with van der Waals surface area (Å²) in [7, 11) is 0.243. The number of hydrogen-bond acceptors (Lipinski definition) is 1. The molecule has 0 bridgehead atoms. The first kappa shape index (κ1) is 4.19. The Morgan fingerprint density at radius 2 is 2.67 bits per heavy atom. The van der Waals surface area contributed by atoms with Gasteiger partial charge in [-0.15, -0.1) is 0 Å². The fourth-order valence-electron chi connectivity index (χ4n) is 0.470. The predicted molar refractivity (Wildman–Crippen MR) is 33.1 cm³/mol. The zero-order chi connectivity index (χ0) is 4.41. The van der Waals surface area contributed by atoms with Gasteiger partial charge in [-0.1, -0.05) is 0 Å². The summed E-state index contributed by atoms with van der Waals surface area (Å²) in [4.78, 5) is 4.07. The average molecular weight is 103 g/mol. The van der Waals surface area contributed by atoms with Crippen LogP contribution >= 0.6 is 10.9 Å². The molecule has 0 saturated heterocycles. The van der Waals surface area contributed by atoms with Crippen LogP contribution in [0.5, 0.6) is 0 Å². The highest BCUT2D eigenvalue weighted by Gasteiger charge is 1.95. The minimum Gasteiger partial charge on any atom is -0.287 e. The first-order valence-electron chi connectivity index (χ1n) is 2.10. The molecule has 1 aliphatic heterocycles. The molecule has 0 saturated carbocycles. The van der Waals surface area contributed by atoms with E-state index in [1.165, 1.54) is 5.75 Å². The van der Waals surface area contributed by atoms with Crippen molar-refractivity contribution in [1.82, 2.24) is 0 Å². The van der Waals surface area contributed by atoms with E-state index in [9.17, 15) is 0 Å². The lowest BCUT2D eigenvalue weighted by Gasteiger charge is -1.94. The van der Waals surface area contributed by atoms with Crippen molar-refractivity contribution in [2.75, 3.05) is 18.6 Å². The van der Waals surface area contributed by atoms with Crippen molar-refractivity contribution in [3.8, 4) is 0 Å². The van der Waals surface area contributed by atoms with Crippen molar-refractivity contribution >= 4 is 16.4 Å². The second-order valence-electron chi connectivity index (χ2n) is 1.50. The third-order valence-electron chi connectivity index (χ3n) is 0.861. The minimum absolute atomic E-state index is 0.243. The maximum atomic E-state index is 4.07. The predicted octanol–water partition coefficient (Wildman–Crippen LogP) is 0.659. The molecule has 0 aromatic rings. The first-order valence-corrected chi connectivity index (χ1v) is 4.14. The van der Waals surface area contributed by atoms with Crippen LogP contribution in [0.1, 0.15) is 0 Å². The summed E-state index contributed by atoms with van der Waals surface area (Å²) in [6, 6.07) is 0. The lowest BCUT2D eigenvalue weighted by Crippen LogP contribution is -1.78. The van der Waals surface area contributed by atoms with E-state index in [1.807, 2.05) is 0 Å². The lowest BCUT2D eigenvalue weighted by molar-refractivity contribution is 1.18. The average Bonchev–Trinajstić information content (AvgIpc) is 1.86. The van der Waals surface area contributed by atoms with Crippen LogP contribution < -0.4 is 0 Å². The van der Waals surface area contributed by atoms with Crippen LogP contribution in [0.2, 0.25) is 0 Å². The number of rotatable bonds is 0. The molecule has 1 heterocycles. The van der Waals surface area contributed by atoms with Crippen molar-refractivity contribution in [3.05, 3.63) is 0 Å². The second kappa shape index (κ2) is 1.65. The van der Waals surface area contributed by atoms with Gasteiger partial charge in [-0.05, 0) is 12.0 Å². The van der Waals surface area contributed by atoms with Gasteiger partial charge in [0.15, 0.2) is 0 Å². The molecule has 1 unspecified atom stereocenters. The van der Waals surface area contributed by atoms with Gasteiger partial charge in [0.2, 0.25) is 0 Å². The van der Waals surface area contributed by atoms with Crippen molar-refractivity contribution in [1.29, 1.82) is 0 Å². The molecule has 1 aliphatic rings. The van der Waals surface area contributed by atoms with Gasteiger partial charge in [0.05, 0.1) is 0 Å². The van der Waals surface area contributed by atoms with E-state index in [-0.39, 0.29) is 10.9 Å². The van der Waals surface area contributed by atoms with E-state index in [4.69, 9.17) is 0 Å². The molecule has 36 valence electrons. The molecular formula is C4H9NS. The van der Waals surface area contributed by atoms with Crippen molar-refractivity contribution in [2.45, 2.75) is 0 Å². The molecule has 1 nitrogen and oxygen atoms in total. The zero-order valence-corrected chi connectivity index (χ0v) is 4.78. The summed E-state index contributed by atoms with van der Waals surface area (Å²) < 4.78 is 0. The quantitative estimate of drug-likeness (QED) is 0.432. The molecular weight excluding hydrogens is 94.1 g/mol. The fraction of sp³-hybridized carbons (Fsp3) is 0.750. The Labute approximate surface area is 40.8 Å². The molecule has 0 fully saturated rings. The van der Waals surface area contributed by atoms with Gasteiger partial charge in [-0.3, -0.25) is 4.99 Å². The van der Waals surface area contributed by atoms with E-state index in [0.29, 0.717) is 0 Å². The fourth-order valence-corrected chi connectivity index (χ4v) is 1.41. The van der Waals surface area contributed by atoms with Gasteiger partial charge in [0, 0.05) is 12.1 Å². The molecule has 0 radical (unpaired) electrons. The molecule has 2 heteroatoms. The Morgan fingerprint density at radius 1 is 1.83 bits per heavy atom. The molecule has 0 N–H and O–H groups in total. The molecule has 0 aromatic carbocycles. The maximum absolute atomic E-state index is 4.07. The Bertz CT molecular complexity index is 69.9. The number of aliphatic imine (C=N–C) groups is 1. The number of nitrogens with zero attached hydrogens (tertiary/aromatic N) is 1.